The van der Waals surface area contributed by atoms with Crippen molar-refractivity contribution < 1.29 is 10.0 Å². The summed E-state index contributed by atoms with van der Waals surface area (Å²) in [6, 6.07) is 13.1. The molecule has 1 fully saturated rings. The normalized spacial score (nSPS) is 17.3. The van der Waals surface area contributed by atoms with Crippen LogP contribution in [-0.4, -0.2) is 18.2 Å². The van der Waals surface area contributed by atoms with Crippen LogP contribution < -0.4 is 4.90 Å². The lowest BCUT2D eigenvalue weighted by Crippen LogP contribution is -3.13. The number of hydrogen-bond donors (Lipinski definition) is 2. The van der Waals surface area contributed by atoms with Crippen LogP contribution in [-0.2, 0) is 10.8 Å². The highest BCUT2D eigenvalue weighted by molar-refractivity contribution is 6.30. The van der Waals surface area contributed by atoms with Gasteiger partial charge >= 0.3 is 0 Å². The van der Waals surface area contributed by atoms with E-state index in [2.05, 4.69) is 65.8 Å². The monoisotopic (exact) mass is 414 g/mol. The number of phenolic OH excluding ortho intramolecular Hbond substituents is 1. The molecule has 2 nitrogen and oxygen atoms in total. The van der Waals surface area contributed by atoms with Gasteiger partial charge in [-0.15, -0.1) is 0 Å². The Hall–Kier alpha value is -1.51. The molecule has 0 aliphatic carbocycles. The van der Waals surface area contributed by atoms with Crippen LogP contribution in [0.2, 0.25) is 5.02 Å². The van der Waals surface area contributed by atoms with Crippen molar-refractivity contribution in [2.75, 3.05) is 13.1 Å². The van der Waals surface area contributed by atoms with Gasteiger partial charge in [-0.1, -0.05) is 65.3 Å². The molecular formula is C26H37ClNO+. The number of benzene rings is 2. The second-order valence-corrected chi connectivity index (χ2v) is 11.1. The van der Waals surface area contributed by atoms with Crippen molar-refractivity contribution in [2.45, 2.75) is 77.7 Å². The molecule has 1 aliphatic heterocycles. The first-order valence-corrected chi connectivity index (χ1v) is 11.3. The Balaban J connectivity index is 2.22. The van der Waals surface area contributed by atoms with Gasteiger partial charge in [0.05, 0.1) is 13.1 Å². The van der Waals surface area contributed by atoms with E-state index in [1.165, 1.54) is 43.5 Å². The standard InChI is InChI=1S/C26H36ClNO/c1-25(2,3)21-16-19(17-22(24(21)29)26(4,5)6)23(28-14-8-7-9-15-28)18-10-12-20(27)13-11-18/h10-13,16-17,23,29H,7-9,14-15H2,1-6H3/p+1/t23-/m0/s1. The molecule has 0 radical (unpaired) electrons. The zero-order valence-corrected chi connectivity index (χ0v) is 19.7. The fraction of sp³-hybridized carbons (Fsp3) is 0.538. The third kappa shape index (κ3) is 4.98. The minimum atomic E-state index is -0.123. The predicted octanol–water partition coefficient (Wildman–Crippen LogP) is 5.80. The zero-order valence-electron chi connectivity index (χ0n) is 18.9. The molecule has 0 unspecified atom stereocenters. The molecule has 158 valence electrons. The van der Waals surface area contributed by atoms with Gasteiger partial charge in [-0.2, -0.15) is 0 Å². The Kier molecular flexibility index (Phi) is 6.36. The number of aromatic hydroxyl groups is 1. The van der Waals surface area contributed by atoms with E-state index in [-0.39, 0.29) is 16.9 Å². The number of rotatable bonds is 3. The van der Waals surface area contributed by atoms with Crippen molar-refractivity contribution in [1.82, 2.24) is 0 Å². The molecule has 1 saturated heterocycles. The van der Waals surface area contributed by atoms with Gasteiger partial charge in [0.2, 0.25) is 0 Å². The number of likely N-dealkylation sites (tertiary alicyclic amines) is 1. The Morgan fingerprint density at radius 3 is 1.72 bits per heavy atom. The van der Waals surface area contributed by atoms with Crippen molar-refractivity contribution in [2.24, 2.45) is 0 Å². The van der Waals surface area contributed by atoms with Crippen LogP contribution in [0.4, 0.5) is 0 Å². The first-order chi connectivity index (χ1) is 13.5. The van der Waals surface area contributed by atoms with Crippen molar-refractivity contribution in [3.05, 3.63) is 63.7 Å². The molecule has 0 aromatic heterocycles. The summed E-state index contributed by atoms with van der Waals surface area (Å²) in [6.07, 6.45) is 3.87. The molecule has 1 atom stereocenters. The van der Waals surface area contributed by atoms with Crippen LogP contribution in [0, 0.1) is 0 Å². The van der Waals surface area contributed by atoms with Crippen molar-refractivity contribution in [3.63, 3.8) is 0 Å². The summed E-state index contributed by atoms with van der Waals surface area (Å²) in [5, 5.41) is 11.9. The topological polar surface area (TPSA) is 24.7 Å². The molecule has 0 spiro atoms. The maximum absolute atomic E-state index is 11.2. The van der Waals surface area contributed by atoms with E-state index in [1.54, 1.807) is 4.90 Å². The summed E-state index contributed by atoms with van der Waals surface area (Å²) in [6.45, 7) is 15.5. The second-order valence-electron chi connectivity index (χ2n) is 10.7. The van der Waals surface area contributed by atoms with Crippen molar-refractivity contribution in [1.29, 1.82) is 0 Å². The van der Waals surface area contributed by atoms with E-state index in [0.29, 0.717) is 5.75 Å². The van der Waals surface area contributed by atoms with E-state index >= 15 is 0 Å². The number of hydrogen-bond acceptors (Lipinski definition) is 1. The van der Waals surface area contributed by atoms with Gasteiger partial charge in [0, 0.05) is 27.3 Å². The molecule has 3 rings (SSSR count). The molecule has 1 heterocycles. The number of phenols is 1. The molecule has 2 N–H and O–H groups in total. The van der Waals surface area contributed by atoms with E-state index in [1.807, 2.05) is 12.1 Å². The minimum absolute atomic E-state index is 0.123. The SMILES string of the molecule is CC(C)(C)c1cc([C@H](c2ccc(Cl)cc2)[NH+]2CCCCC2)cc(C(C)(C)C)c1O. The second kappa shape index (κ2) is 8.32. The van der Waals surface area contributed by atoms with Crippen molar-refractivity contribution in [3.8, 4) is 5.75 Å². The molecule has 0 saturated carbocycles. The fourth-order valence-electron chi connectivity index (χ4n) is 4.58. The summed E-state index contributed by atoms with van der Waals surface area (Å²) in [5.74, 6) is 0.456. The minimum Gasteiger partial charge on any atom is -0.507 e. The summed E-state index contributed by atoms with van der Waals surface area (Å²) >= 11 is 6.20. The van der Waals surface area contributed by atoms with Crippen molar-refractivity contribution >= 4 is 11.6 Å². The highest BCUT2D eigenvalue weighted by Crippen LogP contribution is 2.41. The number of halogens is 1. The first-order valence-electron chi connectivity index (χ1n) is 11.0. The molecular weight excluding hydrogens is 378 g/mol. The lowest BCUT2D eigenvalue weighted by Gasteiger charge is -2.35. The molecule has 0 bridgehead atoms. The third-order valence-corrected chi connectivity index (χ3v) is 6.44. The average Bonchev–Trinajstić information content (AvgIpc) is 2.63. The van der Waals surface area contributed by atoms with E-state index in [9.17, 15) is 5.11 Å². The maximum Gasteiger partial charge on any atom is 0.139 e. The lowest BCUT2D eigenvalue weighted by molar-refractivity contribution is -0.930. The molecule has 2 aromatic rings. The lowest BCUT2D eigenvalue weighted by atomic mass is 9.77. The zero-order chi connectivity index (χ0) is 21.4. The average molecular weight is 415 g/mol. The molecule has 29 heavy (non-hydrogen) atoms. The maximum atomic E-state index is 11.2. The van der Waals surface area contributed by atoms with E-state index in [0.717, 1.165) is 16.1 Å². The largest absolute Gasteiger partial charge is 0.507 e. The van der Waals surface area contributed by atoms with Crippen LogP contribution in [0.15, 0.2) is 36.4 Å². The quantitative estimate of drug-likeness (QED) is 0.651. The number of quaternary nitrogens is 1. The van der Waals surface area contributed by atoms with E-state index < -0.39 is 0 Å². The Morgan fingerprint density at radius 2 is 1.28 bits per heavy atom. The van der Waals surface area contributed by atoms with Crippen LogP contribution in [0.3, 0.4) is 0 Å². The summed E-state index contributed by atoms with van der Waals surface area (Å²) in [7, 11) is 0. The molecule has 0 amide bonds. The Bertz CT molecular complexity index is 801. The van der Waals surface area contributed by atoms with Gasteiger partial charge in [0.25, 0.3) is 0 Å². The van der Waals surface area contributed by atoms with Gasteiger partial charge < -0.3 is 10.0 Å². The Labute approximate surface area is 181 Å². The van der Waals surface area contributed by atoms with Gasteiger partial charge in [0.1, 0.15) is 11.8 Å². The highest BCUT2D eigenvalue weighted by atomic mass is 35.5. The van der Waals surface area contributed by atoms with Crippen LogP contribution in [0.25, 0.3) is 0 Å². The highest BCUT2D eigenvalue weighted by Gasteiger charge is 2.33. The molecule has 2 aromatic carbocycles. The molecule has 1 aliphatic rings. The smallest absolute Gasteiger partial charge is 0.139 e. The summed E-state index contributed by atoms with van der Waals surface area (Å²) < 4.78 is 0. The molecule has 3 heteroatoms. The summed E-state index contributed by atoms with van der Waals surface area (Å²) in [5.41, 5.74) is 4.43. The van der Waals surface area contributed by atoms with Gasteiger partial charge in [-0.25, -0.2) is 0 Å². The number of piperidine rings is 1. The van der Waals surface area contributed by atoms with Gasteiger partial charge in [-0.3, -0.25) is 0 Å². The van der Waals surface area contributed by atoms with Crippen LogP contribution >= 0.6 is 11.6 Å². The van der Waals surface area contributed by atoms with Crippen LogP contribution in [0.5, 0.6) is 5.75 Å². The number of nitrogens with one attached hydrogen (secondary N) is 1. The van der Waals surface area contributed by atoms with Gasteiger partial charge in [-0.05, 0) is 54.4 Å². The van der Waals surface area contributed by atoms with Crippen LogP contribution in [0.1, 0.15) is 89.1 Å². The summed E-state index contributed by atoms with van der Waals surface area (Å²) in [4.78, 5) is 1.61. The van der Waals surface area contributed by atoms with Gasteiger partial charge in [0.15, 0.2) is 0 Å². The first kappa shape index (κ1) is 22.2. The van der Waals surface area contributed by atoms with E-state index in [4.69, 9.17) is 11.6 Å². The predicted molar refractivity (Wildman–Crippen MR) is 123 cm³/mol. The Morgan fingerprint density at radius 1 is 0.793 bits per heavy atom. The fourth-order valence-corrected chi connectivity index (χ4v) is 4.71. The third-order valence-electron chi connectivity index (χ3n) is 6.19.